The molecule has 1 aliphatic rings. The summed E-state index contributed by atoms with van der Waals surface area (Å²) in [4.78, 5) is 0. The minimum Gasteiger partial charge on any atom is -0.312 e. The van der Waals surface area contributed by atoms with Crippen LogP contribution in [-0.2, 0) is 9.84 Å². The van der Waals surface area contributed by atoms with Crippen molar-refractivity contribution in [3.63, 3.8) is 0 Å². The SMILES string of the molecule is CC(C)(C)NCC1(CCS(C)(=O)=O)CC1. The van der Waals surface area contributed by atoms with Crippen LogP contribution in [0.3, 0.4) is 0 Å². The summed E-state index contributed by atoms with van der Waals surface area (Å²) in [6, 6.07) is 0. The van der Waals surface area contributed by atoms with Gasteiger partial charge in [-0.1, -0.05) is 0 Å². The van der Waals surface area contributed by atoms with E-state index in [1.165, 1.54) is 19.1 Å². The van der Waals surface area contributed by atoms with Crippen molar-refractivity contribution in [2.75, 3.05) is 18.6 Å². The molecule has 0 atom stereocenters. The molecule has 1 N–H and O–H groups in total. The maximum absolute atomic E-state index is 11.1. The fraction of sp³-hybridized carbons (Fsp3) is 1.00. The first-order chi connectivity index (χ1) is 6.62. The second kappa shape index (κ2) is 4.06. The minimum atomic E-state index is -2.80. The zero-order chi connectivity index (χ0) is 11.7. The van der Waals surface area contributed by atoms with E-state index in [0.29, 0.717) is 5.75 Å². The van der Waals surface area contributed by atoms with Crippen LogP contribution in [-0.4, -0.2) is 32.5 Å². The maximum atomic E-state index is 11.1. The third-order valence-corrected chi connectivity index (χ3v) is 3.90. The van der Waals surface area contributed by atoms with Crippen molar-refractivity contribution in [1.29, 1.82) is 0 Å². The van der Waals surface area contributed by atoms with E-state index >= 15 is 0 Å². The molecule has 0 saturated heterocycles. The van der Waals surface area contributed by atoms with Crippen LogP contribution in [0.5, 0.6) is 0 Å². The van der Waals surface area contributed by atoms with Crippen molar-refractivity contribution in [3.05, 3.63) is 0 Å². The van der Waals surface area contributed by atoms with E-state index < -0.39 is 9.84 Å². The van der Waals surface area contributed by atoms with Gasteiger partial charge in [-0.2, -0.15) is 0 Å². The van der Waals surface area contributed by atoms with Gasteiger partial charge in [0.05, 0.1) is 5.75 Å². The van der Waals surface area contributed by atoms with E-state index in [2.05, 4.69) is 26.1 Å². The van der Waals surface area contributed by atoms with E-state index in [-0.39, 0.29) is 11.0 Å². The first kappa shape index (κ1) is 13.0. The van der Waals surface area contributed by atoms with Crippen molar-refractivity contribution < 1.29 is 8.42 Å². The molecule has 3 nitrogen and oxygen atoms in total. The van der Waals surface area contributed by atoms with Crippen molar-refractivity contribution in [2.24, 2.45) is 5.41 Å². The molecule has 15 heavy (non-hydrogen) atoms. The minimum absolute atomic E-state index is 0.126. The lowest BCUT2D eigenvalue weighted by Gasteiger charge is -2.25. The van der Waals surface area contributed by atoms with Crippen LogP contribution >= 0.6 is 0 Å². The Morgan fingerprint density at radius 1 is 1.27 bits per heavy atom. The number of hydrogen-bond donors (Lipinski definition) is 1. The highest BCUT2D eigenvalue weighted by molar-refractivity contribution is 7.90. The molecule has 0 spiro atoms. The molecule has 0 aromatic rings. The highest BCUT2D eigenvalue weighted by Crippen LogP contribution is 2.48. The van der Waals surface area contributed by atoms with Crippen LogP contribution in [0, 0.1) is 5.41 Å². The third kappa shape index (κ3) is 5.52. The van der Waals surface area contributed by atoms with E-state index in [1.807, 2.05) is 0 Å². The number of nitrogens with one attached hydrogen (secondary N) is 1. The molecule has 0 aliphatic heterocycles. The molecule has 90 valence electrons. The van der Waals surface area contributed by atoms with Crippen LogP contribution in [0.15, 0.2) is 0 Å². The molecule has 0 unspecified atom stereocenters. The van der Waals surface area contributed by atoms with E-state index in [4.69, 9.17) is 0 Å². The van der Waals surface area contributed by atoms with Gasteiger partial charge in [-0.15, -0.1) is 0 Å². The molecule has 0 amide bonds. The fourth-order valence-corrected chi connectivity index (χ4v) is 2.35. The average molecular weight is 233 g/mol. The summed E-state index contributed by atoms with van der Waals surface area (Å²) in [7, 11) is -2.80. The summed E-state index contributed by atoms with van der Waals surface area (Å²) < 4.78 is 22.2. The van der Waals surface area contributed by atoms with Gasteiger partial charge in [0, 0.05) is 18.3 Å². The normalized spacial score (nSPS) is 20.3. The Morgan fingerprint density at radius 3 is 2.13 bits per heavy atom. The highest BCUT2D eigenvalue weighted by Gasteiger charge is 2.42. The van der Waals surface area contributed by atoms with Crippen molar-refractivity contribution >= 4 is 9.84 Å². The van der Waals surface area contributed by atoms with Gasteiger partial charge in [0.1, 0.15) is 9.84 Å². The molecule has 1 aliphatic carbocycles. The quantitative estimate of drug-likeness (QED) is 0.784. The molecular formula is C11H23NO2S. The monoisotopic (exact) mass is 233 g/mol. The Balaban J connectivity index is 2.35. The standard InChI is InChI=1S/C11H23NO2S/c1-10(2,3)12-9-11(5-6-11)7-8-15(4,13)14/h12H,5-9H2,1-4H3. The van der Waals surface area contributed by atoms with Crippen molar-refractivity contribution in [3.8, 4) is 0 Å². The fourth-order valence-electron chi connectivity index (χ4n) is 1.55. The van der Waals surface area contributed by atoms with Gasteiger partial charge in [-0.3, -0.25) is 0 Å². The summed E-state index contributed by atoms with van der Waals surface area (Å²) in [5, 5.41) is 3.47. The summed E-state index contributed by atoms with van der Waals surface area (Å²) in [5.41, 5.74) is 0.400. The van der Waals surface area contributed by atoms with Gasteiger partial charge in [0.25, 0.3) is 0 Å². The molecule has 0 aromatic carbocycles. The lowest BCUT2D eigenvalue weighted by Crippen LogP contribution is -2.40. The second-order valence-electron chi connectivity index (χ2n) is 5.98. The van der Waals surface area contributed by atoms with Crippen molar-refractivity contribution in [1.82, 2.24) is 5.32 Å². The smallest absolute Gasteiger partial charge is 0.147 e. The summed E-state index contributed by atoms with van der Waals surface area (Å²) in [6.45, 7) is 7.37. The summed E-state index contributed by atoms with van der Waals surface area (Å²) >= 11 is 0. The lowest BCUT2D eigenvalue weighted by molar-refractivity contribution is 0.352. The Hall–Kier alpha value is -0.0900. The summed E-state index contributed by atoms with van der Waals surface area (Å²) in [6.07, 6.45) is 4.48. The van der Waals surface area contributed by atoms with Gasteiger partial charge >= 0.3 is 0 Å². The van der Waals surface area contributed by atoms with Crippen LogP contribution < -0.4 is 5.32 Å². The zero-order valence-corrected chi connectivity index (χ0v) is 11.1. The first-order valence-corrected chi connectivity index (χ1v) is 7.61. The van der Waals surface area contributed by atoms with Gasteiger partial charge in [0.15, 0.2) is 0 Å². The Morgan fingerprint density at radius 2 is 1.80 bits per heavy atom. The van der Waals surface area contributed by atoms with Crippen LogP contribution in [0.1, 0.15) is 40.0 Å². The van der Waals surface area contributed by atoms with Gasteiger partial charge in [-0.05, 0) is 45.4 Å². The Bertz CT molecular complexity index is 310. The molecule has 1 rings (SSSR count). The van der Waals surface area contributed by atoms with Crippen LogP contribution in [0.2, 0.25) is 0 Å². The topological polar surface area (TPSA) is 46.2 Å². The number of hydrogen-bond acceptors (Lipinski definition) is 3. The Kier molecular flexibility index (Phi) is 3.51. The predicted octanol–water partition coefficient (Wildman–Crippen LogP) is 1.59. The molecule has 4 heteroatoms. The maximum Gasteiger partial charge on any atom is 0.147 e. The molecule has 0 radical (unpaired) electrons. The number of rotatable bonds is 5. The van der Waals surface area contributed by atoms with Crippen molar-refractivity contribution in [2.45, 2.75) is 45.6 Å². The predicted molar refractivity (Wildman–Crippen MR) is 63.8 cm³/mol. The van der Waals surface area contributed by atoms with Gasteiger partial charge < -0.3 is 5.32 Å². The largest absolute Gasteiger partial charge is 0.312 e. The highest BCUT2D eigenvalue weighted by atomic mass is 32.2. The molecule has 1 saturated carbocycles. The zero-order valence-electron chi connectivity index (χ0n) is 10.3. The molecule has 0 aromatic heterocycles. The van der Waals surface area contributed by atoms with Gasteiger partial charge in [0.2, 0.25) is 0 Å². The van der Waals surface area contributed by atoms with E-state index in [0.717, 1.165) is 13.0 Å². The van der Waals surface area contributed by atoms with E-state index in [9.17, 15) is 8.42 Å². The van der Waals surface area contributed by atoms with Gasteiger partial charge in [-0.25, -0.2) is 8.42 Å². The van der Waals surface area contributed by atoms with Crippen LogP contribution in [0.25, 0.3) is 0 Å². The van der Waals surface area contributed by atoms with E-state index in [1.54, 1.807) is 0 Å². The Labute approximate surface area is 93.6 Å². The van der Waals surface area contributed by atoms with Crippen LogP contribution in [0.4, 0.5) is 0 Å². The average Bonchev–Trinajstić information content (AvgIpc) is 2.76. The molecule has 1 fully saturated rings. The lowest BCUT2D eigenvalue weighted by atomic mass is 10.0. The second-order valence-corrected chi connectivity index (χ2v) is 8.24. The molecule has 0 heterocycles. The third-order valence-electron chi connectivity index (χ3n) is 2.95. The first-order valence-electron chi connectivity index (χ1n) is 5.55. The molecular weight excluding hydrogens is 210 g/mol. The number of sulfone groups is 1. The summed E-state index contributed by atoms with van der Waals surface area (Å²) in [5.74, 6) is 0.332. The molecule has 0 bridgehead atoms.